The monoisotopic (exact) mass is 394 g/mol. The number of rotatable bonds is 3. The van der Waals surface area contributed by atoms with E-state index in [0.717, 1.165) is 11.3 Å². The lowest BCUT2D eigenvalue weighted by molar-refractivity contribution is -0.343. The Morgan fingerprint density at radius 3 is 1.92 bits per heavy atom. The summed E-state index contributed by atoms with van der Waals surface area (Å²) in [6.45, 7) is 8.77. The molecule has 1 heterocycles. The lowest BCUT2D eigenvalue weighted by atomic mass is 9.93. The largest absolute Gasteiger partial charge is 0.460 e. The molecule has 0 fully saturated rings. The van der Waals surface area contributed by atoms with Crippen molar-refractivity contribution < 1.29 is 35.5 Å². The van der Waals surface area contributed by atoms with Crippen LogP contribution in [0.1, 0.15) is 38.3 Å². The van der Waals surface area contributed by atoms with Crippen LogP contribution in [0.4, 0.5) is 30.7 Å². The Balaban J connectivity index is 3.53. The number of halogens is 7. The summed E-state index contributed by atoms with van der Waals surface area (Å²) < 4.78 is 90.6. The molecule has 0 atom stereocenters. The summed E-state index contributed by atoms with van der Waals surface area (Å²) in [7, 11) is 0. The van der Waals surface area contributed by atoms with Gasteiger partial charge in [-0.2, -0.15) is 35.7 Å². The number of amides is 1. The van der Waals surface area contributed by atoms with E-state index in [1.165, 1.54) is 4.57 Å². The highest BCUT2D eigenvalue weighted by Gasteiger charge is 2.76. The average molecular weight is 394 g/mol. The smallest absolute Gasteiger partial charge is 0.321 e. The molecule has 25 heavy (non-hydrogen) atoms. The third-order valence-electron chi connectivity index (χ3n) is 3.37. The Bertz CT molecular complexity index is 723. The fourth-order valence-electron chi connectivity index (χ4n) is 2.11. The number of alkyl halides is 7. The van der Waals surface area contributed by atoms with Crippen molar-refractivity contribution >= 4 is 17.2 Å². The first-order chi connectivity index (χ1) is 11.0. The minimum absolute atomic E-state index is 0.172. The Morgan fingerprint density at radius 2 is 1.56 bits per heavy atom. The van der Waals surface area contributed by atoms with E-state index in [9.17, 15) is 35.5 Å². The molecule has 1 rings (SSSR count). The van der Waals surface area contributed by atoms with Gasteiger partial charge in [-0.05, 0) is 19.3 Å². The van der Waals surface area contributed by atoms with Crippen molar-refractivity contribution in [1.82, 2.24) is 4.57 Å². The van der Waals surface area contributed by atoms with Crippen LogP contribution in [-0.4, -0.2) is 28.5 Å². The number of nitrogens with zero attached hydrogens (tertiary/aromatic N) is 2. The molecule has 0 aliphatic carbocycles. The van der Waals surface area contributed by atoms with Gasteiger partial charge in [0.2, 0.25) is 0 Å². The summed E-state index contributed by atoms with van der Waals surface area (Å²) in [5.41, 5.74) is 0.110. The summed E-state index contributed by atoms with van der Waals surface area (Å²) >= 11 is 0.796. The molecule has 0 bridgehead atoms. The van der Waals surface area contributed by atoms with E-state index >= 15 is 0 Å². The highest BCUT2D eigenvalue weighted by molar-refractivity contribution is 7.09. The molecule has 1 aromatic rings. The molecule has 11 heteroatoms. The summed E-state index contributed by atoms with van der Waals surface area (Å²) in [4.78, 5) is 14.6. The maximum absolute atomic E-state index is 13.4. The van der Waals surface area contributed by atoms with Gasteiger partial charge in [0, 0.05) is 17.1 Å². The number of hydrogen-bond donors (Lipinski definition) is 0. The Kier molecular flexibility index (Phi) is 5.55. The lowest BCUT2D eigenvalue weighted by Gasteiger charge is -2.25. The van der Waals surface area contributed by atoms with Crippen LogP contribution < -0.4 is 4.80 Å². The molecule has 3 nitrogen and oxygen atoms in total. The van der Waals surface area contributed by atoms with Gasteiger partial charge in [0.25, 0.3) is 0 Å². The normalized spacial score (nSPS) is 15.0. The van der Waals surface area contributed by atoms with Gasteiger partial charge in [0.1, 0.15) is 0 Å². The molecule has 0 saturated carbocycles. The van der Waals surface area contributed by atoms with Crippen LogP contribution in [0.3, 0.4) is 0 Å². The minimum Gasteiger partial charge on any atom is -0.321 e. The number of hydrogen-bond acceptors (Lipinski definition) is 2. The van der Waals surface area contributed by atoms with Gasteiger partial charge >= 0.3 is 23.9 Å². The van der Waals surface area contributed by atoms with Gasteiger partial charge in [-0.25, -0.2) is 0 Å². The van der Waals surface area contributed by atoms with Gasteiger partial charge in [0.15, 0.2) is 4.80 Å². The van der Waals surface area contributed by atoms with Gasteiger partial charge in [-0.15, -0.1) is 11.3 Å². The predicted molar refractivity (Wildman–Crippen MR) is 77.9 cm³/mol. The van der Waals surface area contributed by atoms with Crippen molar-refractivity contribution in [3.8, 4) is 0 Å². The average Bonchev–Trinajstić information content (AvgIpc) is 2.73. The molecular weight excluding hydrogens is 377 g/mol. The predicted octanol–water partition coefficient (Wildman–Crippen LogP) is 4.44. The zero-order valence-electron chi connectivity index (χ0n) is 14.1. The molecule has 0 spiro atoms. The van der Waals surface area contributed by atoms with Crippen LogP contribution in [-0.2, 0) is 16.8 Å². The van der Waals surface area contributed by atoms with E-state index in [-0.39, 0.29) is 11.3 Å². The van der Waals surface area contributed by atoms with E-state index in [4.69, 9.17) is 0 Å². The van der Waals surface area contributed by atoms with Crippen molar-refractivity contribution in [2.45, 2.75) is 64.6 Å². The van der Waals surface area contributed by atoms with E-state index in [0.29, 0.717) is 10.6 Å². The maximum atomic E-state index is 13.4. The first-order valence-corrected chi connectivity index (χ1v) is 7.92. The second-order valence-electron chi connectivity index (χ2n) is 6.36. The zero-order valence-corrected chi connectivity index (χ0v) is 14.9. The highest BCUT2D eigenvalue weighted by Crippen LogP contribution is 2.47. The second kappa shape index (κ2) is 6.40. The molecule has 1 aromatic heterocycles. The first-order valence-electron chi connectivity index (χ1n) is 7.10. The quantitative estimate of drug-likeness (QED) is 0.699. The van der Waals surface area contributed by atoms with E-state index in [1.807, 2.05) is 0 Å². The van der Waals surface area contributed by atoms with Crippen molar-refractivity contribution in [3.63, 3.8) is 0 Å². The van der Waals surface area contributed by atoms with Gasteiger partial charge < -0.3 is 4.57 Å². The number of aromatic nitrogens is 1. The summed E-state index contributed by atoms with van der Waals surface area (Å²) in [6, 6.07) is 0. The van der Waals surface area contributed by atoms with Gasteiger partial charge in [-0.3, -0.25) is 4.79 Å². The number of carbonyl (C=O) groups excluding carboxylic acids is 1. The molecule has 0 saturated heterocycles. The van der Waals surface area contributed by atoms with Crippen LogP contribution in [0.15, 0.2) is 4.99 Å². The van der Waals surface area contributed by atoms with Crippen molar-refractivity contribution in [1.29, 1.82) is 0 Å². The highest BCUT2D eigenvalue weighted by atomic mass is 32.1. The zero-order chi connectivity index (χ0) is 20.0. The molecule has 0 unspecified atom stereocenters. The summed E-state index contributed by atoms with van der Waals surface area (Å²) in [5, 5.41) is 0. The van der Waals surface area contributed by atoms with Crippen LogP contribution in [0.2, 0.25) is 0 Å². The third-order valence-corrected chi connectivity index (χ3v) is 4.98. The molecule has 0 aliphatic heterocycles. The first kappa shape index (κ1) is 21.7. The summed E-state index contributed by atoms with van der Waals surface area (Å²) in [5.74, 6) is -15.4. The number of carbonyl (C=O) groups is 1. The molecule has 144 valence electrons. The topological polar surface area (TPSA) is 34.4 Å². The van der Waals surface area contributed by atoms with Gasteiger partial charge in [-0.1, -0.05) is 20.8 Å². The Morgan fingerprint density at radius 1 is 1.08 bits per heavy atom. The van der Waals surface area contributed by atoms with Gasteiger partial charge in [0.05, 0.1) is 0 Å². The van der Waals surface area contributed by atoms with E-state index in [2.05, 4.69) is 4.99 Å². The maximum Gasteiger partial charge on any atom is 0.460 e. The van der Waals surface area contributed by atoms with Crippen LogP contribution in [0.25, 0.3) is 0 Å². The van der Waals surface area contributed by atoms with Crippen molar-refractivity contribution in [3.05, 3.63) is 15.4 Å². The third kappa shape index (κ3) is 3.75. The summed E-state index contributed by atoms with van der Waals surface area (Å²) in [6.07, 6.45) is -6.58. The van der Waals surface area contributed by atoms with Crippen molar-refractivity contribution in [2.24, 2.45) is 4.99 Å². The fourth-order valence-corrected chi connectivity index (χ4v) is 3.36. The van der Waals surface area contributed by atoms with Crippen LogP contribution >= 0.6 is 11.3 Å². The molecule has 0 aliphatic rings. The molecule has 0 aromatic carbocycles. The molecular formula is C14H17F7N2OS. The van der Waals surface area contributed by atoms with E-state index in [1.54, 1.807) is 34.6 Å². The molecule has 0 radical (unpaired) electrons. The molecule has 0 N–H and O–H groups in total. The van der Waals surface area contributed by atoms with Crippen molar-refractivity contribution in [2.75, 3.05) is 0 Å². The molecule has 1 amide bonds. The Hall–Kier alpha value is -1.39. The van der Waals surface area contributed by atoms with Crippen LogP contribution in [0.5, 0.6) is 0 Å². The lowest BCUT2D eigenvalue weighted by Crippen LogP contribution is -2.56. The standard InChI is InChI=1S/C14H17F7N2OS/c1-6-23-7(2)8(11(3,4)5)25-10(23)22-9(24)12(15,16)13(17,18)14(19,20)21/h6H2,1-5H3. The SMILES string of the molecule is CCn1c(C)c(C(C)(C)C)sc1=NC(=O)C(F)(F)C(F)(F)C(F)(F)F. The fraction of sp³-hybridized carbons (Fsp3) is 0.714. The van der Waals surface area contributed by atoms with Crippen LogP contribution in [0, 0.1) is 6.92 Å². The Labute approximate surface area is 143 Å². The number of thiazole rings is 1. The minimum atomic E-state index is -6.58. The van der Waals surface area contributed by atoms with E-state index < -0.39 is 29.3 Å². The second-order valence-corrected chi connectivity index (χ2v) is 7.33.